The maximum atomic E-state index is 11.1. The molecule has 0 fully saturated rings. The molecule has 0 aliphatic rings. The summed E-state index contributed by atoms with van der Waals surface area (Å²) in [6.07, 6.45) is 2.32. The summed E-state index contributed by atoms with van der Waals surface area (Å²) in [5.74, 6) is 0.449. The topological polar surface area (TPSA) is 57.8 Å². The maximum absolute atomic E-state index is 11.1. The van der Waals surface area contributed by atoms with Crippen LogP contribution in [-0.2, 0) is 0 Å². The summed E-state index contributed by atoms with van der Waals surface area (Å²) in [4.78, 5) is 17.5. The number of H-pyrrole nitrogens is 1. The van der Waals surface area contributed by atoms with Crippen molar-refractivity contribution in [2.45, 2.75) is 27.2 Å². The molecule has 84 valence electrons. The fourth-order valence-electron chi connectivity index (χ4n) is 1.06. The third-order valence-electron chi connectivity index (χ3n) is 1.96. The fourth-order valence-corrected chi connectivity index (χ4v) is 1.23. The molecule has 5 heteroatoms. The van der Waals surface area contributed by atoms with Crippen LogP contribution in [0.15, 0.2) is 11.1 Å². The third kappa shape index (κ3) is 3.91. The summed E-state index contributed by atoms with van der Waals surface area (Å²) in [5, 5.41) is 3.16. The molecule has 1 rings (SSSR count). The van der Waals surface area contributed by atoms with Crippen molar-refractivity contribution in [2.24, 2.45) is 5.41 Å². The fraction of sp³-hybridized carbons (Fsp3) is 0.600. The van der Waals surface area contributed by atoms with Crippen LogP contribution in [-0.4, -0.2) is 16.5 Å². The molecule has 0 atom stereocenters. The number of hydrogen-bond donors (Lipinski definition) is 2. The van der Waals surface area contributed by atoms with Crippen molar-refractivity contribution in [1.82, 2.24) is 9.97 Å². The summed E-state index contributed by atoms with van der Waals surface area (Å²) in [6, 6.07) is 0. The van der Waals surface area contributed by atoms with Gasteiger partial charge in [-0.15, -0.1) is 0 Å². The Balaban J connectivity index is 2.59. The van der Waals surface area contributed by atoms with Gasteiger partial charge in [0.2, 0.25) is 0 Å². The van der Waals surface area contributed by atoms with Gasteiger partial charge in [0.1, 0.15) is 5.02 Å². The Bertz CT molecular complexity index is 381. The maximum Gasteiger partial charge on any atom is 0.271 e. The zero-order valence-electron chi connectivity index (χ0n) is 9.22. The van der Waals surface area contributed by atoms with E-state index in [-0.39, 0.29) is 16.0 Å². The molecule has 0 spiro atoms. The van der Waals surface area contributed by atoms with E-state index in [2.05, 4.69) is 36.1 Å². The molecule has 1 aromatic heterocycles. The van der Waals surface area contributed by atoms with Gasteiger partial charge >= 0.3 is 0 Å². The minimum Gasteiger partial charge on any atom is -0.369 e. The van der Waals surface area contributed by atoms with Crippen LogP contribution in [0.3, 0.4) is 0 Å². The van der Waals surface area contributed by atoms with E-state index >= 15 is 0 Å². The first-order valence-electron chi connectivity index (χ1n) is 4.87. The Labute approximate surface area is 94.1 Å². The van der Waals surface area contributed by atoms with Gasteiger partial charge in [-0.3, -0.25) is 4.79 Å². The second kappa shape index (κ2) is 4.66. The standard InChI is InChI=1S/C10H16ClN3O/c1-10(2,3)4-5-12-8-7(11)9(15)14-6-13-8/h6H,4-5H2,1-3H3,(H2,12,13,14,15). The van der Waals surface area contributed by atoms with Crippen molar-refractivity contribution >= 4 is 17.4 Å². The van der Waals surface area contributed by atoms with Crippen molar-refractivity contribution in [3.05, 3.63) is 21.7 Å². The van der Waals surface area contributed by atoms with Crippen LogP contribution in [0.2, 0.25) is 5.02 Å². The number of nitrogens with zero attached hydrogens (tertiary/aromatic N) is 1. The van der Waals surface area contributed by atoms with E-state index in [1.165, 1.54) is 6.33 Å². The lowest BCUT2D eigenvalue weighted by Gasteiger charge is -2.18. The first-order chi connectivity index (χ1) is 6.90. The molecule has 4 nitrogen and oxygen atoms in total. The molecule has 0 bridgehead atoms. The Morgan fingerprint density at radius 3 is 2.80 bits per heavy atom. The third-order valence-corrected chi connectivity index (χ3v) is 2.31. The molecule has 2 N–H and O–H groups in total. The van der Waals surface area contributed by atoms with Gasteiger partial charge in [0.25, 0.3) is 5.56 Å². The molecule has 1 aromatic rings. The zero-order chi connectivity index (χ0) is 11.5. The number of aromatic amines is 1. The van der Waals surface area contributed by atoms with Gasteiger partial charge in [-0.2, -0.15) is 0 Å². The number of hydrogen-bond acceptors (Lipinski definition) is 3. The molecule has 0 saturated heterocycles. The monoisotopic (exact) mass is 229 g/mol. The highest BCUT2D eigenvalue weighted by atomic mass is 35.5. The Hall–Kier alpha value is -1.03. The van der Waals surface area contributed by atoms with Crippen LogP contribution in [0.1, 0.15) is 27.2 Å². The lowest BCUT2D eigenvalue weighted by atomic mass is 9.92. The van der Waals surface area contributed by atoms with Crippen molar-refractivity contribution in [1.29, 1.82) is 0 Å². The van der Waals surface area contributed by atoms with Gasteiger partial charge in [0, 0.05) is 6.54 Å². The van der Waals surface area contributed by atoms with Crippen LogP contribution in [0.25, 0.3) is 0 Å². The lowest BCUT2D eigenvalue weighted by Crippen LogP contribution is -2.16. The molecule has 0 radical (unpaired) electrons. The largest absolute Gasteiger partial charge is 0.369 e. The van der Waals surface area contributed by atoms with Crippen molar-refractivity contribution in [2.75, 3.05) is 11.9 Å². The van der Waals surface area contributed by atoms with Crippen molar-refractivity contribution < 1.29 is 0 Å². The molecule has 0 saturated carbocycles. The average molecular weight is 230 g/mol. The lowest BCUT2D eigenvalue weighted by molar-refractivity contribution is 0.389. The van der Waals surface area contributed by atoms with Gasteiger partial charge < -0.3 is 10.3 Å². The van der Waals surface area contributed by atoms with E-state index in [4.69, 9.17) is 11.6 Å². The number of halogens is 1. The number of rotatable bonds is 3. The van der Waals surface area contributed by atoms with Gasteiger partial charge in [0.15, 0.2) is 5.82 Å². The SMILES string of the molecule is CC(C)(C)CCNc1nc[nH]c(=O)c1Cl. The van der Waals surface area contributed by atoms with E-state index < -0.39 is 0 Å². The number of nitrogens with one attached hydrogen (secondary N) is 2. The predicted octanol–water partition coefficient (Wildman–Crippen LogP) is 2.27. The Morgan fingerprint density at radius 1 is 1.53 bits per heavy atom. The summed E-state index contributed by atoms with van der Waals surface area (Å²) >= 11 is 5.77. The highest BCUT2D eigenvalue weighted by Gasteiger charge is 2.10. The summed E-state index contributed by atoms with van der Waals surface area (Å²) in [5.41, 5.74) is -0.0642. The molecule has 0 unspecified atom stereocenters. The van der Waals surface area contributed by atoms with E-state index in [0.717, 1.165) is 13.0 Å². The highest BCUT2D eigenvalue weighted by Crippen LogP contribution is 2.19. The van der Waals surface area contributed by atoms with E-state index in [1.54, 1.807) is 0 Å². The molecule has 15 heavy (non-hydrogen) atoms. The number of anilines is 1. The van der Waals surface area contributed by atoms with Gasteiger partial charge in [0.05, 0.1) is 6.33 Å². The van der Waals surface area contributed by atoms with Gasteiger partial charge in [-0.25, -0.2) is 4.98 Å². The molecule has 0 aliphatic carbocycles. The van der Waals surface area contributed by atoms with E-state index in [0.29, 0.717) is 5.82 Å². The summed E-state index contributed by atoms with van der Waals surface area (Å²) in [6.45, 7) is 7.21. The molecule has 0 aromatic carbocycles. The quantitative estimate of drug-likeness (QED) is 0.836. The van der Waals surface area contributed by atoms with Gasteiger partial charge in [-0.1, -0.05) is 32.4 Å². The van der Waals surface area contributed by atoms with Crippen molar-refractivity contribution in [3.8, 4) is 0 Å². The minimum atomic E-state index is -0.315. The average Bonchev–Trinajstić information content (AvgIpc) is 2.10. The molecule has 0 aliphatic heterocycles. The first-order valence-corrected chi connectivity index (χ1v) is 5.25. The summed E-state index contributed by atoms with van der Waals surface area (Å²) < 4.78 is 0. The zero-order valence-corrected chi connectivity index (χ0v) is 9.98. The van der Waals surface area contributed by atoms with Crippen LogP contribution < -0.4 is 10.9 Å². The molecular formula is C10H16ClN3O. The summed E-state index contributed by atoms with van der Waals surface area (Å²) in [7, 11) is 0. The minimum absolute atomic E-state index is 0.117. The molecule has 1 heterocycles. The normalized spacial score (nSPS) is 11.5. The highest BCUT2D eigenvalue weighted by molar-refractivity contribution is 6.32. The Kier molecular flexibility index (Phi) is 3.74. The molecule has 0 amide bonds. The van der Waals surface area contributed by atoms with E-state index in [9.17, 15) is 4.79 Å². The second-order valence-electron chi connectivity index (χ2n) is 4.63. The number of aromatic nitrogens is 2. The second-order valence-corrected chi connectivity index (χ2v) is 5.01. The van der Waals surface area contributed by atoms with Crippen LogP contribution in [0.4, 0.5) is 5.82 Å². The van der Waals surface area contributed by atoms with Crippen molar-refractivity contribution in [3.63, 3.8) is 0 Å². The van der Waals surface area contributed by atoms with E-state index in [1.807, 2.05) is 0 Å². The first kappa shape index (κ1) is 12.0. The van der Waals surface area contributed by atoms with Gasteiger partial charge in [-0.05, 0) is 11.8 Å². The molecular weight excluding hydrogens is 214 g/mol. The van der Waals surface area contributed by atoms with Crippen LogP contribution >= 0.6 is 11.6 Å². The smallest absolute Gasteiger partial charge is 0.271 e. The predicted molar refractivity (Wildman–Crippen MR) is 62.4 cm³/mol. The Morgan fingerprint density at radius 2 is 2.20 bits per heavy atom. The van der Waals surface area contributed by atoms with Crippen LogP contribution in [0, 0.1) is 5.41 Å². The van der Waals surface area contributed by atoms with Crippen LogP contribution in [0.5, 0.6) is 0 Å².